The maximum Gasteiger partial charge on any atom is 0.259 e. The molecule has 3 atom stereocenters. The summed E-state index contributed by atoms with van der Waals surface area (Å²) in [7, 11) is 0. The molecule has 1 aromatic rings. The van der Waals surface area contributed by atoms with Gasteiger partial charge in [-0.2, -0.15) is 0 Å². The molecule has 2 fully saturated rings. The van der Waals surface area contributed by atoms with Gasteiger partial charge in [0.2, 0.25) is 0 Å². The third kappa shape index (κ3) is 2.01. The minimum atomic E-state index is -0.696. The van der Waals surface area contributed by atoms with E-state index in [1.165, 1.54) is 4.90 Å². The number of nitrogens with two attached hydrogens (primary N) is 1. The zero-order chi connectivity index (χ0) is 14.3. The summed E-state index contributed by atoms with van der Waals surface area (Å²) in [4.78, 5) is 26.0. The number of ether oxygens (including phenoxy) is 1. The Morgan fingerprint density at radius 2 is 1.75 bits per heavy atom. The lowest BCUT2D eigenvalue weighted by Gasteiger charge is -2.35. The predicted molar refractivity (Wildman–Crippen MR) is 75.7 cm³/mol. The van der Waals surface area contributed by atoms with E-state index in [0.29, 0.717) is 12.8 Å². The van der Waals surface area contributed by atoms with E-state index in [1.54, 1.807) is 0 Å². The third-order valence-electron chi connectivity index (χ3n) is 3.69. The fourth-order valence-electron chi connectivity index (χ4n) is 2.75. The number of hydrogen-bond acceptors (Lipinski definition) is 4. The summed E-state index contributed by atoms with van der Waals surface area (Å²) < 4.78 is 5.39. The van der Waals surface area contributed by atoms with Gasteiger partial charge in [0, 0.05) is 0 Å². The zero-order valence-corrected chi connectivity index (χ0v) is 11.5. The Kier molecular flexibility index (Phi) is 3.27. The van der Waals surface area contributed by atoms with Crippen molar-refractivity contribution in [3.63, 3.8) is 0 Å². The molecule has 2 heterocycles. The number of hydrogen-bond donors (Lipinski definition) is 1. The third-order valence-corrected chi connectivity index (χ3v) is 3.91. The van der Waals surface area contributed by atoms with E-state index < -0.39 is 18.2 Å². The smallest absolute Gasteiger partial charge is 0.259 e. The highest BCUT2D eigenvalue weighted by atomic mass is 32.1. The van der Waals surface area contributed by atoms with E-state index in [-0.39, 0.29) is 16.8 Å². The van der Waals surface area contributed by atoms with Gasteiger partial charge in [0.1, 0.15) is 23.2 Å². The van der Waals surface area contributed by atoms with E-state index in [1.807, 2.05) is 30.3 Å². The fourth-order valence-corrected chi connectivity index (χ4v) is 2.99. The number of nitrogens with zero attached hydrogens (tertiary/aromatic N) is 1. The Labute approximate surface area is 121 Å². The molecule has 3 rings (SSSR count). The molecule has 5 nitrogen and oxygen atoms in total. The Morgan fingerprint density at radius 1 is 1.20 bits per heavy atom. The molecule has 2 aliphatic rings. The maximum absolute atomic E-state index is 12.4. The Morgan fingerprint density at radius 3 is 2.25 bits per heavy atom. The van der Waals surface area contributed by atoms with Crippen LogP contribution >= 0.6 is 12.2 Å². The molecule has 20 heavy (non-hydrogen) atoms. The second-order valence-corrected chi connectivity index (χ2v) is 5.42. The topological polar surface area (TPSA) is 72.6 Å². The summed E-state index contributed by atoms with van der Waals surface area (Å²) in [6.45, 7) is 0. The van der Waals surface area contributed by atoms with Gasteiger partial charge in [-0.15, -0.1) is 0 Å². The van der Waals surface area contributed by atoms with Crippen molar-refractivity contribution in [3.8, 4) is 0 Å². The molecular weight excluding hydrogens is 276 g/mol. The lowest BCUT2D eigenvalue weighted by Crippen LogP contribution is -2.55. The summed E-state index contributed by atoms with van der Waals surface area (Å²) in [6, 6.07) is 8.42. The van der Waals surface area contributed by atoms with Crippen molar-refractivity contribution in [2.24, 2.45) is 5.73 Å². The summed E-state index contributed by atoms with van der Waals surface area (Å²) >= 11 is 5.07. The van der Waals surface area contributed by atoms with Gasteiger partial charge in [0.05, 0.1) is 0 Å². The van der Waals surface area contributed by atoms with Crippen LogP contribution in [0.4, 0.5) is 0 Å². The van der Waals surface area contributed by atoms with Crippen LogP contribution < -0.4 is 5.73 Å². The van der Waals surface area contributed by atoms with Crippen molar-refractivity contribution in [2.75, 3.05) is 0 Å². The lowest BCUT2D eigenvalue weighted by molar-refractivity contribution is -0.170. The van der Waals surface area contributed by atoms with Crippen LogP contribution in [0.3, 0.4) is 0 Å². The number of imide groups is 1. The molecular formula is C14H14N2O3S. The van der Waals surface area contributed by atoms with Crippen LogP contribution in [-0.4, -0.2) is 33.9 Å². The van der Waals surface area contributed by atoms with Crippen LogP contribution in [0.5, 0.6) is 0 Å². The molecule has 2 N–H and O–H groups in total. The van der Waals surface area contributed by atoms with Crippen LogP contribution in [0.25, 0.3) is 0 Å². The highest BCUT2D eigenvalue weighted by Crippen LogP contribution is 2.34. The number of carbonyl (C=O) groups is 2. The molecule has 0 saturated carbocycles. The van der Waals surface area contributed by atoms with Crippen molar-refractivity contribution in [1.29, 1.82) is 0 Å². The maximum atomic E-state index is 12.4. The first kappa shape index (κ1) is 13.2. The summed E-state index contributed by atoms with van der Waals surface area (Å²) in [5.41, 5.74) is 6.52. The highest BCUT2D eigenvalue weighted by Gasteiger charge is 2.49. The first-order valence-electron chi connectivity index (χ1n) is 6.46. The van der Waals surface area contributed by atoms with Gasteiger partial charge in [0.25, 0.3) is 11.8 Å². The van der Waals surface area contributed by atoms with Crippen LogP contribution in [0, 0.1) is 0 Å². The van der Waals surface area contributed by atoms with Crippen LogP contribution in [-0.2, 0) is 14.3 Å². The summed E-state index contributed by atoms with van der Waals surface area (Å²) in [5, 5.41) is 0. The standard InChI is InChI=1S/C14H14N2O3S/c15-12(20)11(8-4-2-1-3-5-8)16-13(17)9-6-7-10(19-9)14(16)18/h1-5,9-11H,6-7H2,(H2,15,20). The minimum Gasteiger partial charge on any atom is -0.391 e. The zero-order valence-electron chi connectivity index (χ0n) is 10.7. The van der Waals surface area contributed by atoms with Crippen molar-refractivity contribution in [2.45, 2.75) is 31.1 Å². The number of thiocarbonyl (C=S) groups is 1. The van der Waals surface area contributed by atoms with Crippen LogP contribution in [0.15, 0.2) is 30.3 Å². The average Bonchev–Trinajstić information content (AvgIpc) is 2.89. The monoisotopic (exact) mass is 290 g/mol. The average molecular weight is 290 g/mol. The van der Waals surface area contributed by atoms with Crippen LogP contribution in [0.2, 0.25) is 0 Å². The second-order valence-electron chi connectivity index (χ2n) is 4.95. The molecule has 2 saturated heterocycles. The number of carbonyl (C=O) groups excluding carboxylic acids is 2. The van der Waals surface area contributed by atoms with E-state index in [9.17, 15) is 9.59 Å². The van der Waals surface area contributed by atoms with Gasteiger partial charge in [0.15, 0.2) is 0 Å². The Hall–Kier alpha value is -1.79. The number of benzene rings is 1. The highest BCUT2D eigenvalue weighted by molar-refractivity contribution is 7.80. The molecule has 1 aromatic carbocycles. The lowest BCUT2D eigenvalue weighted by atomic mass is 10.0. The van der Waals surface area contributed by atoms with Gasteiger partial charge in [-0.05, 0) is 18.4 Å². The minimum absolute atomic E-state index is 0.110. The van der Waals surface area contributed by atoms with E-state index in [2.05, 4.69) is 0 Å². The molecule has 2 amide bonds. The van der Waals surface area contributed by atoms with Gasteiger partial charge in [-0.25, -0.2) is 0 Å². The van der Waals surface area contributed by atoms with E-state index in [4.69, 9.17) is 22.7 Å². The summed E-state index contributed by atoms with van der Waals surface area (Å²) in [5.74, 6) is -0.684. The largest absolute Gasteiger partial charge is 0.391 e. The molecule has 104 valence electrons. The van der Waals surface area contributed by atoms with Gasteiger partial charge < -0.3 is 10.5 Å². The molecule has 0 aliphatic carbocycles. The molecule has 3 unspecified atom stereocenters. The quantitative estimate of drug-likeness (QED) is 0.662. The first-order chi connectivity index (χ1) is 9.59. The number of fused-ring (bicyclic) bond motifs is 2. The molecule has 0 aromatic heterocycles. The first-order valence-corrected chi connectivity index (χ1v) is 6.87. The van der Waals surface area contributed by atoms with Gasteiger partial charge >= 0.3 is 0 Å². The fraction of sp³-hybridized carbons (Fsp3) is 0.357. The van der Waals surface area contributed by atoms with Crippen LogP contribution in [0.1, 0.15) is 24.4 Å². The number of rotatable bonds is 3. The van der Waals surface area contributed by atoms with Gasteiger partial charge in [-0.1, -0.05) is 42.5 Å². The van der Waals surface area contributed by atoms with Crippen molar-refractivity contribution in [1.82, 2.24) is 4.90 Å². The van der Waals surface area contributed by atoms with E-state index >= 15 is 0 Å². The molecule has 0 radical (unpaired) electrons. The predicted octanol–water partition coefficient (Wildman–Crippen LogP) is 0.930. The van der Waals surface area contributed by atoms with Crippen molar-refractivity contribution in [3.05, 3.63) is 35.9 Å². The number of morpholine rings is 1. The van der Waals surface area contributed by atoms with Crippen molar-refractivity contribution >= 4 is 29.0 Å². The SMILES string of the molecule is NC(=S)C(c1ccccc1)N1C(=O)C2CCC(O2)C1=O. The summed E-state index contributed by atoms with van der Waals surface area (Å²) in [6.07, 6.45) is 0.0614. The normalized spacial score (nSPS) is 26.7. The van der Waals surface area contributed by atoms with Crippen molar-refractivity contribution < 1.29 is 14.3 Å². The molecule has 6 heteroatoms. The Balaban J connectivity index is 2.01. The van der Waals surface area contributed by atoms with Gasteiger partial charge in [-0.3, -0.25) is 14.5 Å². The second kappa shape index (κ2) is 4.96. The van der Waals surface area contributed by atoms with E-state index in [0.717, 1.165) is 5.56 Å². The molecule has 0 spiro atoms. The molecule has 2 bridgehead atoms. The Bertz CT molecular complexity index is 553. The molecule has 2 aliphatic heterocycles. The number of amides is 2. The number of likely N-dealkylation sites (tertiary alicyclic amines) is 1.